The molecule has 208 valence electrons. The van der Waals surface area contributed by atoms with Crippen LogP contribution in [-0.2, 0) is 16.0 Å². The number of H-pyrrole nitrogens is 1. The molecule has 6 heteroatoms. The lowest BCUT2D eigenvalue weighted by atomic mass is 9.87. The van der Waals surface area contributed by atoms with Crippen molar-refractivity contribution in [2.75, 3.05) is 19.1 Å². The maximum Gasteiger partial charge on any atom is 0.329 e. The van der Waals surface area contributed by atoms with E-state index in [1.807, 2.05) is 50.2 Å². The molecular weight excluding hydrogens is 512 g/mol. The van der Waals surface area contributed by atoms with Crippen molar-refractivity contribution < 1.29 is 19.0 Å². The van der Waals surface area contributed by atoms with Gasteiger partial charge in [0.05, 0.1) is 26.4 Å². The molecule has 1 N–H and O–H groups in total. The average Bonchev–Trinajstić information content (AvgIpc) is 3.38. The van der Waals surface area contributed by atoms with E-state index in [-0.39, 0.29) is 18.1 Å². The molecular formula is C35H34N2O4. The number of aromatic nitrogens is 1. The summed E-state index contributed by atoms with van der Waals surface area (Å²) in [6.45, 7) is 3.79. The molecule has 6 rings (SSSR count). The van der Waals surface area contributed by atoms with E-state index >= 15 is 0 Å². The molecule has 0 radical (unpaired) electrons. The lowest BCUT2D eigenvalue weighted by Gasteiger charge is -2.43. The molecule has 2 heterocycles. The van der Waals surface area contributed by atoms with Crippen LogP contribution in [0.1, 0.15) is 36.7 Å². The number of benzene rings is 4. The summed E-state index contributed by atoms with van der Waals surface area (Å²) in [5, 5.41) is 1.14. The number of carbonyl (C=O) groups excluding carboxylic acids is 1. The SMILES string of the molecule is COc1ccc(-c2ccc(N3[C@H](c4ccc(OC)cc4)c4[nH]c5ccccc5c4C[C@H]3C(=O)OC(C)C)cc2)cc1. The number of esters is 1. The fraction of sp³-hybridized carbons (Fsp3) is 0.229. The van der Waals surface area contributed by atoms with E-state index in [9.17, 15) is 4.79 Å². The number of carbonyl (C=O) groups is 1. The van der Waals surface area contributed by atoms with Gasteiger partial charge in [0.2, 0.25) is 0 Å². The van der Waals surface area contributed by atoms with Crippen LogP contribution in [0.2, 0.25) is 0 Å². The minimum absolute atomic E-state index is 0.217. The first kappa shape index (κ1) is 26.5. The maximum absolute atomic E-state index is 13.8. The zero-order chi connectivity index (χ0) is 28.5. The monoisotopic (exact) mass is 546 g/mol. The van der Waals surface area contributed by atoms with Gasteiger partial charge in [-0.15, -0.1) is 0 Å². The topological polar surface area (TPSA) is 63.8 Å². The largest absolute Gasteiger partial charge is 0.497 e. The van der Waals surface area contributed by atoms with Crippen LogP contribution < -0.4 is 14.4 Å². The highest BCUT2D eigenvalue weighted by Crippen LogP contribution is 2.44. The Bertz CT molecular complexity index is 1650. The molecule has 5 aromatic rings. The first-order chi connectivity index (χ1) is 20.0. The van der Waals surface area contributed by atoms with E-state index in [1.54, 1.807) is 14.2 Å². The quantitative estimate of drug-likeness (QED) is 0.217. The minimum Gasteiger partial charge on any atom is -0.497 e. The van der Waals surface area contributed by atoms with Crippen LogP contribution in [0.5, 0.6) is 11.5 Å². The third kappa shape index (κ3) is 5.02. The van der Waals surface area contributed by atoms with Crippen LogP contribution in [0, 0.1) is 0 Å². The van der Waals surface area contributed by atoms with Crippen molar-refractivity contribution in [3.63, 3.8) is 0 Å². The molecule has 1 aliphatic rings. The average molecular weight is 547 g/mol. The van der Waals surface area contributed by atoms with Gasteiger partial charge in [0.25, 0.3) is 0 Å². The van der Waals surface area contributed by atoms with Gasteiger partial charge in [0.1, 0.15) is 17.5 Å². The van der Waals surface area contributed by atoms with Gasteiger partial charge in [-0.25, -0.2) is 4.79 Å². The number of methoxy groups -OCH3 is 2. The summed E-state index contributed by atoms with van der Waals surface area (Å²) >= 11 is 0. The van der Waals surface area contributed by atoms with E-state index in [0.717, 1.165) is 56.0 Å². The first-order valence-corrected chi connectivity index (χ1v) is 13.9. The molecule has 41 heavy (non-hydrogen) atoms. The molecule has 6 nitrogen and oxygen atoms in total. The van der Waals surface area contributed by atoms with Gasteiger partial charge in [0, 0.05) is 28.7 Å². The van der Waals surface area contributed by atoms with Gasteiger partial charge < -0.3 is 24.1 Å². The van der Waals surface area contributed by atoms with Gasteiger partial charge in [-0.2, -0.15) is 0 Å². The molecule has 0 fully saturated rings. The normalized spacial score (nSPS) is 16.5. The number of hydrogen-bond acceptors (Lipinski definition) is 5. The van der Waals surface area contributed by atoms with Gasteiger partial charge >= 0.3 is 5.97 Å². The zero-order valence-electron chi connectivity index (χ0n) is 23.8. The zero-order valence-corrected chi connectivity index (χ0v) is 23.8. The third-order valence-corrected chi connectivity index (χ3v) is 7.78. The van der Waals surface area contributed by atoms with Crippen LogP contribution >= 0.6 is 0 Å². The summed E-state index contributed by atoms with van der Waals surface area (Å²) in [4.78, 5) is 19.7. The number of anilines is 1. The lowest BCUT2D eigenvalue weighted by Crippen LogP contribution is -2.50. The first-order valence-electron chi connectivity index (χ1n) is 13.9. The fourth-order valence-electron chi connectivity index (χ4n) is 5.84. The van der Waals surface area contributed by atoms with Crippen molar-refractivity contribution in [2.45, 2.75) is 38.5 Å². The summed E-state index contributed by atoms with van der Waals surface area (Å²) in [7, 11) is 3.33. The highest BCUT2D eigenvalue weighted by Gasteiger charge is 2.42. The van der Waals surface area contributed by atoms with E-state index in [0.29, 0.717) is 6.42 Å². The number of ether oxygens (including phenoxy) is 3. The second kappa shape index (κ2) is 11.0. The number of para-hydroxylation sites is 1. The molecule has 0 bridgehead atoms. The molecule has 1 aliphatic heterocycles. The molecule has 0 unspecified atom stereocenters. The van der Waals surface area contributed by atoms with Gasteiger partial charge in [-0.1, -0.05) is 54.6 Å². The number of hydrogen-bond donors (Lipinski definition) is 1. The molecule has 0 saturated heterocycles. The molecule has 4 aromatic carbocycles. The summed E-state index contributed by atoms with van der Waals surface area (Å²) < 4.78 is 16.6. The minimum atomic E-state index is -0.511. The number of fused-ring (bicyclic) bond motifs is 3. The van der Waals surface area contributed by atoms with Gasteiger partial charge in [0.15, 0.2) is 0 Å². The Balaban J connectivity index is 1.50. The fourth-order valence-corrected chi connectivity index (χ4v) is 5.84. The molecule has 0 saturated carbocycles. The lowest BCUT2D eigenvalue weighted by molar-refractivity contribution is -0.149. The van der Waals surface area contributed by atoms with Crippen molar-refractivity contribution in [3.05, 3.63) is 114 Å². The summed E-state index contributed by atoms with van der Waals surface area (Å²) in [5.74, 6) is 1.38. The second-order valence-corrected chi connectivity index (χ2v) is 10.6. The summed E-state index contributed by atoms with van der Waals surface area (Å²) in [6, 6.07) is 32.1. The Morgan fingerprint density at radius 1 is 0.805 bits per heavy atom. The molecule has 0 amide bonds. The van der Waals surface area contributed by atoms with Crippen molar-refractivity contribution in [3.8, 4) is 22.6 Å². The second-order valence-electron chi connectivity index (χ2n) is 10.6. The number of rotatable bonds is 7. The third-order valence-electron chi connectivity index (χ3n) is 7.78. The number of nitrogens with one attached hydrogen (secondary N) is 1. The van der Waals surface area contributed by atoms with Crippen molar-refractivity contribution in [1.29, 1.82) is 0 Å². The highest BCUT2D eigenvalue weighted by molar-refractivity contribution is 5.90. The molecule has 1 aromatic heterocycles. The molecule has 2 atom stereocenters. The van der Waals surface area contributed by atoms with Crippen LogP contribution in [0.25, 0.3) is 22.0 Å². The summed E-state index contributed by atoms with van der Waals surface area (Å²) in [6.07, 6.45) is 0.322. The van der Waals surface area contributed by atoms with Crippen LogP contribution in [-0.4, -0.2) is 37.3 Å². The Morgan fingerprint density at radius 3 is 2.00 bits per heavy atom. The molecule has 0 aliphatic carbocycles. The van der Waals surface area contributed by atoms with Gasteiger partial charge in [-0.3, -0.25) is 0 Å². The Kier molecular flexibility index (Phi) is 7.14. The number of nitrogens with zero attached hydrogens (tertiary/aromatic N) is 1. The number of aromatic amines is 1. The summed E-state index contributed by atoms with van der Waals surface area (Å²) in [5.41, 5.74) is 7.47. The smallest absolute Gasteiger partial charge is 0.329 e. The maximum atomic E-state index is 13.8. The van der Waals surface area contributed by atoms with Crippen molar-refractivity contribution in [2.24, 2.45) is 0 Å². The Labute approximate surface area is 240 Å². The van der Waals surface area contributed by atoms with Crippen LogP contribution in [0.4, 0.5) is 5.69 Å². The van der Waals surface area contributed by atoms with Crippen LogP contribution in [0.15, 0.2) is 97.1 Å². The standard InChI is InChI=1S/C35H34N2O4/c1-22(2)41-35(38)32-21-30-29-7-5-6-8-31(29)36-33(30)34(25-13-19-28(40-4)20-14-25)37(32)26-15-9-23(10-16-26)24-11-17-27(39-3)18-12-24/h5-20,22,32,34,36H,21H2,1-4H3/t32-,34+/m0/s1. The van der Waals surface area contributed by atoms with Crippen LogP contribution in [0.3, 0.4) is 0 Å². The predicted octanol–water partition coefficient (Wildman–Crippen LogP) is 7.32. The Morgan fingerprint density at radius 2 is 1.39 bits per heavy atom. The van der Waals surface area contributed by atoms with Gasteiger partial charge in [-0.05, 0) is 78.6 Å². The van der Waals surface area contributed by atoms with E-state index in [4.69, 9.17) is 14.2 Å². The van der Waals surface area contributed by atoms with E-state index in [2.05, 4.69) is 70.5 Å². The highest BCUT2D eigenvalue weighted by atomic mass is 16.5. The Hall–Kier alpha value is -4.71. The van der Waals surface area contributed by atoms with E-state index < -0.39 is 6.04 Å². The van der Waals surface area contributed by atoms with Crippen molar-refractivity contribution in [1.82, 2.24) is 4.98 Å². The predicted molar refractivity (Wildman–Crippen MR) is 163 cm³/mol. The van der Waals surface area contributed by atoms with Crippen molar-refractivity contribution >= 4 is 22.6 Å². The molecule has 0 spiro atoms. The van der Waals surface area contributed by atoms with E-state index in [1.165, 1.54) is 0 Å².